The predicted molar refractivity (Wildman–Crippen MR) is 50.2 cm³/mol. The van der Waals surface area contributed by atoms with Gasteiger partial charge in [-0.15, -0.1) is 0 Å². The molecule has 0 heterocycles. The highest BCUT2D eigenvalue weighted by Crippen LogP contribution is 1.83. The van der Waals surface area contributed by atoms with E-state index in [2.05, 4.69) is 17.9 Å². The first-order valence-corrected chi connectivity index (χ1v) is 4.29. The van der Waals surface area contributed by atoms with Gasteiger partial charge in [0.1, 0.15) is 0 Å². The van der Waals surface area contributed by atoms with Gasteiger partial charge in [0.2, 0.25) is 11.8 Å². The first kappa shape index (κ1) is 11.3. The fourth-order valence-electron chi connectivity index (χ4n) is 0.522. The maximum Gasteiger partial charge on any atom is 0.241 e. The van der Waals surface area contributed by atoms with E-state index in [9.17, 15) is 9.59 Å². The van der Waals surface area contributed by atoms with Gasteiger partial charge in [-0.25, -0.2) is 0 Å². The number of hydrogen-bond donors (Lipinski definition) is 2. The largest absolute Gasteiger partial charge is 0.347 e. The normalized spacial score (nSPS) is 9.25. The van der Waals surface area contributed by atoms with Gasteiger partial charge in [0.15, 0.2) is 0 Å². The molecule has 0 aliphatic carbocycles. The van der Waals surface area contributed by atoms with Crippen molar-refractivity contribution in [1.29, 1.82) is 0 Å². The van der Waals surface area contributed by atoms with Crippen LogP contribution in [0, 0.1) is 0 Å². The second-order valence-corrected chi connectivity index (χ2v) is 2.99. The maximum absolute atomic E-state index is 10.9. The van der Waals surface area contributed by atoms with Crippen LogP contribution in [0.3, 0.4) is 0 Å². The first-order valence-electron chi connectivity index (χ1n) is 3.65. The molecule has 0 aliphatic rings. The number of likely N-dealkylation sites (N-methyl/N-ethyl adjacent to an activating group) is 1. The number of nitrogens with one attached hydrogen (secondary N) is 1. The molecule has 0 aromatic heterocycles. The van der Waals surface area contributed by atoms with E-state index in [1.54, 1.807) is 14.1 Å². The molecule has 1 N–H and O–H groups in total. The Morgan fingerprint density at radius 3 is 2.42 bits per heavy atom. The van der Waals surface area contributed by atoms with E-state index in [0.717, 1.165) is 0 Å². The van der Waals surface area contributed by atoms with E-state index in [-0.39, 0.29) is 18.4 Å². The fourth-order valence-corrected chi connectivity index (χ4v) is 0.725. The van der Waals surface area contributed by atoms with E-state index >= 15 is 0 Å². The summed E-state index contributed by atoms with van der Waals surface area (Å²) in [6.07, 6.45) is 0.351. The minimum absolute atomic E-state index is 0.0691. The molecule has 0 saturated carbocycles. The molecule has 2 amide bonds. The second kappa shape index (κ2) is 5.88. The number of nitrogens with zero attached hydrogens (tertiary/aromatic N) is 1. The molecule has 0 aromatic rings. The summed E-state index contributed by atoms with van der Waals surface area (Å²) in [7, 11) is 3.29. The van der Waals surface area contributed by atoms with Gasteiger partial charge in [-0.1, -0.05) is 0 Å². The zero-order valence-corrected chi connectivity index (χ0v) is 8.23. The Kier molecular flexibility index (Phi) is 5.53. The summed E-state index contributed by atoms with van der Waals surface area (Å²) in [5.74, 6) is 0.254. The summed E-state index contributed by atoms with van der Waals surface area (Å²) in [4.78, 5) is 23.2. The van der Waals surface area contributed by atoms with Crippen molar-refractivity contribution in [3.8, 4) is 0 Å². The van der Waals surface area contributed by atoms with E-state index in [4.69, 9.17) is 0 Å². The number of hydrogen-bond acceptors (Lipinski definition) is 3. The third kappa shape index (κ3) is 5.01. The van der Waals surface area contributed by atoms with E-state index < -0.39 is 0 Å². The van der Waals surface area contributed by atoms with Crippen LogP contribution in [0.25, 0.3) is 0 Å². The monoisotopic (exact) mass is 190 g/mol. The highest BCUT2D eigenvalue weighted by atomic mass is 32.1. The molecule has 0 aliphatic heterocycles. The third-order valence-corrected chi connectivity index (χ3v) is 1.50. The molecular formula is C7H14N2O2S. The Morgan fingerprint density at radius 1 is 1.42 bits per heavy atom. The zero-order chi connectivity index (χ0) is 9.56. The smallest absolute Gasteiger partial charge is 0.241 e. The molecule has 12 heavy (non-hydrogen) atoms. The van der Waals surface area contributed by atoms with Gasteiger partial charge in [0, 0.05) is 20.5 Å². The number of carbonyl (C=O) groups excluding carboxylic acids is 2. The molecule has 0 rings (SSSR count). The molecule has 0 bridgehead atoms. The van der Waals surface area contributed by atoms with Crippen molar-refractivity contribution in [2.75, 3.05) is 26.4 Å². The van der Waals surface area contributed by atoms with Crippen molar-refractivity contribution in [2.45, 2.75) is 6.42 Å². The minimum atomic E-state index is -0.139. The van der Waals surface area contributed by atoms with Gasteiger partial charge < -0.3 is 10.2 Å². The average Bonchev–Trinajstić information content (AvgIpc) is 2.00. The van der Waals surface area contributed by atoms with Crippen molar-refractivity contribution in [1.82, 2.24) is 10.2 Å². The van der Waals surface area contributed by atoms with Gasteiger partial charge in [-0.2, -0.15) is 12.6 Å². The quantitative estimate of drug-likeness (QED) is 0.588. The zero-order valence-electron chi connectivity index (χ0n) is 7.33. The molecule has 4 nitrogen and oxygen atoms in total. The number of rotatable bonds is 4. The van der Waals surface area contributed by atoms with Crippen LogP contribution in [0.1, 0.15) is 6.42 Å². The Balaban J connectivity index is 3.54. The maximum atomic E-state index is 10.9. The number of thiol groups is 1. The van der Waals surface area contributed by atoms with E-state index in [0.29, 0.717) is 12.2 Å². The van der Waals surface area contributed by atoms with Gasteiger partial charge >= 0.3 is 0 Å². The van der Waals surface area contributed by atoms with Gasteiger partial charge in [-0.05, 0) is 5.75 Å². The average molecular weight is 190 g/mol. The standard InChI is InChI=1S/C7H14N2O2S/c1-9(2)7(11)5-8-6(10)3-4-12/h12H,3-5H2,1-2H3,(H,8,10). The fraction of sp³-hybridized carbons (Fsp3) is 0.714. The SMILES string of the molecule is CN(C)C(=O)CNC(=O)CCS. The van der Waals surface area contributed by atoms with E-state index in [1.165, 1.54) is 4.90 Å². The van der Waals surface area contributed by atoms with E-state index in [1.807, 2.05) is 0 Å². The third-order valence-electron chi connectivity index (χ3n) is 1.27. The van der Waals surface area contributed by atoms with Gasteiger partial charge in [-0.3, -0.25) is 9.59 Å². The predicted octanol–water partition coefficient (Wildman–Crippen LogP) is -0.489. The Morgan fingerprint density at radius 2 is 2.00 bits per heavy atom. The summed E-state index contributed by atoms with van der Waals surface area (Å²) in [5.41, 5.74) is 0. The lowest BCUT2D eigenvalue weighted by Gasteiger charge is -2.10. The Bertz CT molecular complexity index is 171. The second-order valence-electron chi connectivity index (χ2n) is 2.54. The van der Waals surface area contributed by atoms with Crippen LogP contribution in [-0.2, 0) is 9.59 Å². The van der Waals surface area contributed by atoms with Crippen LogP contribution >= 0.6 is 12.6 Å². The Labute approximate surface area is 77.7 Å². The molecule has 0 radical (unpaired) electrons. The molecule has 0 spiro atoms. The van der Waals surface area contributed by atoms with Crippen LogP contribution in [0.2, 0.25) is 0 Å². The minimum Gasteiger partial charge on any atom is -0.347 e. The van der Waals surface area contributed by atoms with Crippen LogP contribution in [0.15, 0.2) is 0 Å². The highest BCUT2D eigenvalue weighted by Gasteiger charge is 2.05. The molecular weight excluding hydrogens is 176 g/mol. The van der Waals surface area contributed by atoms with Crippen molar-refractivity contribution in [3.63, 3.8) is 0 Å². The molecule has 0 fully saturated rings. The molecule has 0 unspecified atom stereocenters. The highest BCUT2D eigenvalue weighted by molar-refractivity contribution is 7.80. The summed E-state index contributed by atoms with van der Waals surface area (Å²) >= 11 is 3.89. The lowest BCUT2D eigenvalue weighted by molar-refractivity contribution is -0.130. The van der Waals surface area contributed by atoms with Gasteiger partial charge in [0.25, 0.3) is 0 Å². The summed E-state index contributed by atoms with van der Waals surface area (Å²) < 4.78 is 0. The summed E-state index contributed by atoms with van der Waals surface area (Å²) in [6, 6.07) is 0. The van der Waals surface area contributed by atoms with Crippen LogP contribution in [-0.4, -0.2) is 43.1 Å². The van der Waals surface area contributed by atoms with Crippen molar-refractivity contribution < 1.29 is 9.59 Å². The van der Waals surface area contributed by atoms with Crippen molar-refractivity contribution >= 4 is 24.4 Å². The molecule has 0 atom stereocenters. The lowest BCUT2D eigenvalue weighted by atomic mass is 10.4. The molecule has 0 saturated heterocycles. The molecule has 70 valence electrons. The number of carbonyl (C=O) groups is 2. The molecule has 5 heteroatoms. The van der Waals surface area contributed by atoms with Gasteiger partial charge in [0.05, 0.1) is 6.54 Å². The van der Waals surface area contributed by atoms with Crippen molar-refractivity contribution in [3.05, 3.63) is 0 Å². The topological polar surface area (TPSA) is 49.4 Å². The van der Waals surface area contributed by atoms with Crippen LogP contribution in [0.5, 0.6) is 0 Å². The Hall–Kier alpha value is -0.710. The van der Waals surface area contributed by atoms with Crippen molar-refractivity contribution in [2.24, 2.45) is 0 Å². The summed E-state index contributed by atoms with van der Waals surface area (Å²) in [6.45, 7) is 0.0691. The molecule has 0 aromatic carbocycles. The van der Waals surface area contributed by atoms with Crippen LogP contribution in [0.4, 0.5) is 0 Å². The lowest BCUT2D eigenvalue weighted by Crippen LogP contribution is -2.36. The first-order chi connectivity index (χ1) is 5.57. The number of amides is 2. The van der Waals surface area contributed by atoms with Crippen LogP contribution < -0.4 is 5.32 Å². The summed E-state index contributed by atoms with van der Waals surface area (Å²) in [5, 5.41) is 2.49.